The molecule has 0 spiro atoms. The van der Waals surface area contributed by atoms with E-state index in [2.05, 4.69) is 107 Å². The molecule has 43 heavy (non-hydrogen) atoms. The number of carbonyl (C=O) groups excluding carboxylic acids is 1. The minimum absolute atomic E-state index is 0.0305. The summed E-state index contributed by atoms with van der Waals surface area (Å²) < 4.78 is 5.52. The van der Waals surface area contributed by atoms with Crippen LogP contribution < -0.4 is 0 Å². The molecule has 0 radical (unpaired) electrons. The van der Waals surface area contributed by atoms with Gasteiger partial charge in [-0.25, -0.2) is 0 Å². The van der Waals surface area contributed by atoms with Gasteiger partial charge in [0.1, 0.15) is 17.9 Å². The molecule has 0 heterocycles. The number of aromatic hydroxyl groups is 2. The van der Waals surface area contributed by atoms with Gasteiger partial charge in [0.2, 0.25) is 0 Å². The van der Waals surface area contributed by atoms with Crippen molar-refractivity contribution in [2.75, 3.05) is 0 Å². The Balaban J connectivity index is 2.66. The predicted octanol–water partition coefficient (Wildman–Crippen LogP) is 8.49. The summed E-state index contributed by atoms with van der Waals surface area (Å²) in [6, 6.07) is 8.38. The quantitative estimate of drug-likeness (QED) is 0.198. The summed E-state index contributed by atoms with van der Waals surface area (Å²) in [5, 5.41) is 31.6. The largest absolute Gasteiger partial charge is 0.507 e. The van der Waals surface area contributed by atoms with Gasteiger partial charge in [0.05, 0.1) is 6.10 Å². The summed E-state index contributed by atoms with van der Waals surface area (Å²) >= 11 is 0. The zero-order valence-electron chi connectivity index (χ0n) is 28.9. The molecule has 6 heteroatoms. The van der Waals surface area contributed by atoms with Crippen molar-refractivity contribution in [3.05, 3.63) is 57.6 Å². The summed E-state index contributed by atoms with van der Waals surface area (Å²) in [5.74, 6) is -1.26. The highest BCUT2D eigenvalue weighted by atomic mass is 16.5. The van der Waals surface area contributed by atoms with Gasteiger partial charge < -0.3 is 20.1 Å². The van der Waals surface area contributed by atoms with E-state index in [4.69, 9.17) is 9.84 Å². The van der Waals surface area contributed by atoms with E-state index in [1.54, 1.807) is 0 Å². The van der Waals surface area contributed by atoms with E-state index in [9.17, 15) is 19.8 Å². The van der Waals surface area contributed by atoms with Gasteiger partial charge in [-0.2, -0.15) is 0 Å². The lowest BCUT2D eigenvalue weighted by Gasteiger charge is -2.30. The molecule has 3 N–H and O–H groups in total. The molecular formula is C37H56O6. The second-order valence-electron chi connectivity index (χ2n) is 16.5. The van der Waals surface area contributed by atoms with Crippen molar-refractivity contribution in [1.82, 2.24) is 0 Å². The number of rotatable bonds is 9. The van der Waals surface area contributed by atoms with Gasteiger partial charge in [0.15, 0.2) is 0 Å². The number of ether oxygens (including phenoxy) is 1. The van der Waals surface area contributed by atoms with Gasteiger partial charge in [-0.3, -0.25) is 9.59 Å². The minimum atomic E-state index is -1.21. The smallest absolute Gasteiger partial charge is 0.317 e. The number of phenolic OH excluding ortho intramolecular Hbond substituents is 2. The fourth-order valence-corrected chi connectivity index (χ4v) is 5.72. The highest BCUT2D eigenvalue weighted by molar-refractivity contribution is 5.90. The maximum Gasteiger partial charge on any atom is 0.317 e. The highest BCUT2D eigenvalue weighted by Gasteiger charge is 2.30. The van der Waals surface area contributed by atoms with Crippen molar-refractivity contribution in [3.8, 4) is 11.5 Å². The number of esters is 1. The van der Waals surface area contributed by atoms with Gasteiger partial charge in [-0.15, -0.1) is 0 Å². The Kier molecular flexibility index (Phi) is 10.9. The number of carboxylic acid groups (broad SMARTS) is 1. The lowest BCUT2D eigenvalue weighted by Crippen LogP contribution is -2.24. The summed E-state index contributed by atoms with van der Waals surface area (Å²) in [7, 11) is 0. The molecule has 0 amide bonds. The molecule has 0 aliphatic rings. The van der Waals surface area contributed by atoms with Crippen LogP contribution in [0.15, 0.2) is 24.3 Å². The van der Waals surface area contributed by atoms with E-state index in [0.29, 0.717) is 30.8 Å². The number of carbonyl (C=O) groups is 2. The van der Waals surface area contributed by atoms with Crippen LogP contribution in [0.4, 0.5) is 0 Å². The number of phenols is 2. The number of carboxylic acids is 1. The van der Waals surface area contributed by atoms with Crippen LogP contribution >= 0.6 is 0 Å². The van der Waals surface area contributed by atoms with Crippen molar-refractivity contribution in [2.24, 2.45) is 5.92 Å². The Morgan fingerprint density at radius 3 is 1.21 bits per heavy atom. The van der Waals surface area contributed by atoms with E-state index >= 15 is 0 Å². The van der Waals surface area contributed by atoms with E-state index in [1.165, 1.54) is 0 Å². The first-order valence-corrected chi connectivity index (χ1v) is 15.5. The first kappa shape index (κ1) is 36.2. The maximum atomic E-state index is 12.2. The molecule has 0 saturated carbocycles. The van der Waals surface area contributed by atoms with Crippen LogP contribution in [0.25, 0.3) is 0 Å². The summed E-state index contributed by atoms with van der Waals surface area (Å²) in [5.41, 5.74) is 4.68. The Morgan fingerprint density at radius 2 is 0.953 bits per heavy atom. The molecule has 1 atom stereocenters. The van der Waals surface area contributed by atoms with E-state index in [0.717, 1.165) is 33.4 Å². The van der Waals surface area contributed by atoms with Crippen molar-refractivity contribution in [1.29, 1.82) is 0 Å². The molecule has 2 aromatic carbocycles. The van der Waals surface area contributed by atoms with Gasteiger partial charge in [0.25, 0.3) is 0 Å². The fourth-order valence-electron chi connectivity index (χ4n) is 5.72. The van der Waals surface area contributed by atoms with Crippen molar-refractivity contribution in [3.63, 3.8) is 0 Å². The van der Waals surface area contributed by atoms with Crippen molar-refractivity contribution < 1.29 is 29.6 Å². The zero-order chi connectivity index (χ0) is 33.3. The third-order valence-corrected chi connectivity index (χ3v) is 7.91. The number of hydrogen-bond acceptors (Lipinski definition) is 5. The monoisotopic (exact) mass is 596 g/mol. The third kappa shape index (κ3) is 10.0. The molecule has 240 valence electrons. The fraction of sp³-hybridized carbons (Fsp3) is 0.622. The van der Waals surface area contributed by atoms with Gasteiger partial charge in [-0.05, 0) is 87.1 Å². The molecular weight excluding hydrogens is 540 g/mol. The average molecular weight is 597 g/mol. The van der Waals surface area contributed by atoms with Crippen molar-refractivity contribution in [2.45, 2.75) is 143 Å². The van der Waals surface area contributed by atoms with Crippen LogP contribution in [-0.2, 0) is 48.8 Å². The van der Waals surface area contributed by atoms with Crippen molar-refractivity contribution >= 4 is 11.9 Å². The first-order chi connectivity index (χ1) is 19.3. The summed E-state index contributed by atoms with van der Waals surface area (Å²) in [6.45, 7) is 27.0. The maximum absolute atomic E-state index is 12.2. The minimum Gasteiger partial charge on any atom is -0.507 e. The average Bonchev–Trinajstić information content (AvgIpc) is 2.77. The molecule has 0 aromatic heterocycles. The SMILES string of the molecule is CC(CC(Cc1cc(C(C)(C)C)c(O)c(C(C)(C)C)c1)Cc1cc(C(C)(C)C)c(O)c(C(C)(C)C)c1)OC(=O)CC(=O)O. The Labute approximate surface area is 259 Å². The number of benzene rings is 2. The standard InChI is InChI=1S/C37H56O6/c1-22(43-31(40)21-30(38)39)14-23(15-24-17-26(34(2,3)4)32(41)27(18-24)35(5,6)7)16-25-19-28(36(8,9)10)33(42)29(20-25)37(11,12)13/h17-20,22-23,41-42H,14-16,21H2,1-13H3,(H,38,39). The Morgan fingerprint density at radius 1 is 0.651 bits per heavy atom. The van der Waals surface area contributed by atoms with E-state index in [1.807, 2.05) is 6.92 Å². The van der Waals surface area contributed by atoms with E-state index < -0.39 is 24.5 Å². The molecule has 1 unspecified atom stereocenters. The summed E-state index contributed by atoms with van der Waals surface area (Å²) in [4.78, 5) is 23.3. The lowest BCUT2D eigenvalue weighted by atomic mass is 9.76. The molecule has 0 bridgehead atoms. The van der Waals surface area contributed by atoms with E-state index in [-0.39, 0.29) is 27.6 Å². The second kappa shape index (κ2) is 12.9. The second-order valence-corrected chi connectivity index (χ2v) is 16.5. The molecule has 6 nitrogen and oxygen atoms in total. The van der Waals surface area contributed by atoms with Crippen LogP contribution in [-0.4, -0.2) is 33.4 Å². The van der Waals surface area contributed by atoms with Gasteiger partial charge in [-0.1, -0.05) is 107 Å². The molecule has 0 saturated heterocycles. The van der Waals surface area contributed by atoms with Crippen LogP contribution in [0.5, 0.6) is 11.5 Å². The van der Waals surface area contributed by atoms with Crippen LogP contribution in [0.3, 0.4) is 0 Å². The number of hydrogen-bond donors (Lipinski definition) is 3. The topological polar surface area (TPSA) is 104 Å². The Hall–Kier alpha value is -3.02. The zero-order valence-corrected chi connectivity index (χ0v) is 28.9. The molecule has 0 fully saturated rings. The third-order valence-electron chi connectivity index (χ3n) is 7.91. The lowest BCUT2D eigenvalue weighted by molar-refractivity contribution is -0.155. The normalized spacial score (nSPS) is 13.7. The molecule has 2 aromatic rings. The molecule has 0 aliphatic carbocycles. The first-order valence-electron chi connectivity index (χ1n) is 15.5. The Bertz CT molecular complexity index is 1160. The van der Waals surface area contributed by atoms with Crippen LogP contribution in [0.2, 0.25) is 0 Å². The molecule has 2 rings (SSSR count). The molecule has 0 aliphatic heterocycles. The van der Waals surface area contributed by atoms with Gasteiger partial charge >= 0.3 is 11.9 Å². The van der Waals surface area contributed by atoms with Gasteiger partial charge in [0, 0.05) is 0 Å². The van der Waals surface area contributed by atoms with Crippen LogP contribution in [0.1, 0.15) is 136 Å². The summed E-state index contributed by atoms with van der Waals surface area (Å²) in [6.07, 6.45) is 0.713. The predicted molar refractivity (Wildman–Crippen MR) is 174 cm³/mol. The highest BCUT2D eigenvalue weighted by Crippen LogP contribution is 2.42. The number of aliphatic carboxylic acids is 1. The van der Waals surface area contributed by atoms with Crippen LogP contribution in [0, 0.1) is 5.92 Å².